The smallest absolute Gasteiger partial charge is 0.347 e. The molecule has 2 aliphatic rings. The van der Waals surface area contributed by atoms with Gasteiger partial charge in [-0.1, -0.05) is 42.5 Å². The molecule has 7 heteroatoms. The molecule has 0 radical (unpaired) electrons. The first-order chi connectivity index (χ1) is 13.6. The van der Waals surface area contributed by atoms with Crippen LogP contribution in [0.25, 0.3) is 0 Å². The Labute approximate surface area is 160 Å². The predicted molar refractivity (Wildman–Crippen MR) is 96.3 cm³/mol. The number of esters is 2. The zero-order chi connectivity index (χ0) is 19.7. The second kappa shape index (κ2) is 7.26. The molecule has 2 amide bonds. The fourth-order valence-electron chi connectivity index (χ4n) is 3.41. The molecule has 7 nitrogen and oxygen atoms in total. The number of hydrogen-bond donors (Lipinski definition) is 0. The van der Waals surface area contributed by atoms with Gasteiger partial charge < -0.3 is 9.47 Å². The molecule has 0 bridgehead atoms. The van der Waals surface area contributed by atoms with Crippen LogP contribution in [-0.2, 0) is 25.5 Å². The SMILES string of the molecule is O=C1OCCC1OC(=O)C(Cc1ccccc1)N1C(=O)c2ccccc2C1=O. The number of carbonyl (C=O) groups is 4. The molecule has 2 unspecified atom stereocenters. The van der Waals surface area contributed by atoms with Crippen LogP contribution in [0.3, 0.4) is 0 Å². The zero-order valence-electron chi connectivity index (χ0n) is 14.9. The molecule has 1 saturated heterocycles. The Morgan fingerprint density at radius 3 is 2.18 bits per heavy atom. The van der Waals surface area contributed by atoms with Crippen molar-refractivity contribution in [2.45, 2.75) is 25.0 Å². The summed E-state index contributed by atoms with van der Waals surface area (Å²) in [5.74, 6) is -2.52. The van der Waals surface area contributed by atoms with Crippen molar-refractivity contribution >= 4 is 23.8 Å². The number of hydrogen-bond acceptors (Lipinski definition) is 6. The quantitative estimate of drug-likeness (QED) is 0.581. The molecule has 4 rings (SSSR count). The van der Waals surface area contributed by atoms with Crippen molar-refractivity contribution in [1.82, 2.24) is 4.90 Å². The summed E-state index contributed by atoms with van der Waals surface area (Å²) < 4.78 is 10.1. The summed E-state index contributed by atoms with van der Waals surface area (Å²) in [5, 5.41) is 0. The maximum Gasteiger partial charge on any atom is 0.347 e. The zero-order valence-corrected chi connectivity index (χ0v) is 14.9. The van der Waals surface area contributed by atoms with E-state index >= 15 is 0 Å². The lowest BCUT2D eigenvalue weighted by Crippen LogP contribution is -2.48. The van der Waals surface area contributed by atoms with Gasteiger partial charge in [0.2, 0.25) is 6.10 Å². The number of benzene rings is 2. The highest BCUT2D eigenvalue weighted by Crippen LogP contribution is 2.27. The second-order valence-electron chi connectivity index (χ2n) is 6.61. The predicted octanol–water partition coefficient (Wildman–Crippen LogP) is 1.75. The maximum atomic E-state index is 12.9. The van der Waals surface area contributed by atoms with E-state index in [0.717, 1.165) is 10.5 Å². The first-order valence-corrected chi connectivity index (χ1v) is 8.94. The van der Waals surface area contributed by atoms with Crippen LogP contribution >= 0.6 is 0 Å². The summed E-state index contributed by atoms with van der Waals surface area (Å²) in [5.41, 5.74) is 1.26. The fourth-order valence-corrected chi connectivity index (χ4v) is 3.41. The maximum absolute atomic E-state index is 12.9. The van der Waals surface area contributed by atoms with Crippen molar-refractivity contribution in [3.63, 3.8) is 0 Å². The molecule has 0 saturated carbocycles. The number of cyclic esters (lactones) is 1. The third-order valence-electron chi connectivity index (χ3n) is 4.83. The van der Waals surface area contributed by atoms with Gasteiger partial charge in [0.15, 0.2) is 0 Å². The molecule has 28 heavy (non-hydrogen) atoms. The van der Waals surface area contributed by atoms with Gasteiger partial charge in [0.1, 0.15) is 6.04 Å². The van der Waals surface area contributed by atoms with Gasteiger partial charge in [-0.2, -0.15) is 0 Å². The van der Waals surface area contributed by atoms with Crippen molar-refractivity contribution in [2.24, 2.45) is 0 Å². The number of amides is 2. The van der Waals surface area contributed by atoms with E-state index in [1.165, 1.54) is 0 Å². The Kier molecular flexibility index (Phi) is 4.65. The standard InChI is InChI=1S/C21H17NO6/c23-18-14-8-4-5-9-15(14)19(24)22(18)16(12-13-6-2-1-3-7-13)20(25)28-17-10-11-27-21(17)26/h1-9,16-17H,10-12H2. The lowest BCUT2D eigenvalue weighted by molar-refractivity contribution is -0.163. The van der Waals surface area contributed by atoms with Crippen molar-refractivity contribution in [3.8, 4) is 0 Å². The molecule has 1 fully saturated rings. The molecule has 2 atom stereocenters. The summed E-state index contributed by atoms with van der Waals surface area (Å²) in [6.07, 6.45) is -0.668. The van der Waals surface area contributed by atoms with Crippen LogP contribution in [0.2, 0.25) is 0 Å². The Balaban J connectivity index is 1.65. The lowest BCUT2D eigenvalue weighted by Gasteiger charge is -2.25. The number of rotatable bonds is 5. The molecule has 0 aliphatic carbocycles. The van der Waals surface area contributed by atoms with E-state index in [1.54, 1.807) is 48.5 Å². The van der Waals surface area contributed by atoms with Crippen LogP contribution in [0.4, 0.5) is 0 Å². The second-order valence-corrected chi connectivity index (χ2v) is 6.61. The summed E-state index contributed by atoms with van der Waals surface area (Å²) >= 11 is 0. The van der Waals surface area contributed by atoms with Crippen LogP contribution in [0, 0.1) is 0 Å². The summed E-state index contributed by atoms with van der Waals surface area (Å²) in [4.78, 5) is 51.2. The molecule has 0 spiro atoms. The average Bonchev–Trinajstić information content (AvgIpc) is 3.22. The van der Waals surface area contributed by atoms with Gasteiger partial charge in [-0.3, -0.25) is 14.5 Å². The minimum atomic E-state index is -1.18. The highest BCUT2D eigenvalue weighted by Gasteiger charge is 2.44. The van der Waals surface area contributed by atoms with Gasteiger partial charge >= 0.3 is 11.9 Å². The molecule has 2 aliphatic heterocycles. The molecule has 2 aromatic rings. The third kappa shape index (κ3) is 3.15. The summed E-state index contributed by atoms with van der Waals surface area (Å²) in [7, 11) is 0. The van der Waals surface area contributed by atoms with Crippen molar-refractivity contribution in [3.05, 3.63) is 71.3 Å². The van der Waals surface area contributed by atoms with Gasteiger partial charge in [-0.15, -0.1) is 0 Å². The Morgan fingerprint density at radius 2 is 1.61 bits per heavy atom. The molecule has 2 aromatic carbocycles. The molecule has 2 heterocycles. The van der Waals surface area contributed by atoms with Gasteiger partial charge in [0.25, 0.3) is 11.8 Å². The van der Waals surface area contributed by atoms with Gasteiger partial charge in [0.05, 0.1) is 17.7 Å². The highest BCUT2D eigenvalue weighted by molar-refractivity contribution is 6.22. The van der Waals surface area contributed by atoms with E-state index in [-0.39, 0.29) is 30.6 Å². The van der Waals surface area contributed by atoms with E-state index in [0.29, 0.717) is 0 Å². The van der Waals surface area contributed by atoms with Crippen LogP contribution < -0.4 is 0 Å². The van der Waals surface area contributed by atoms with Crippen LogP contribution in [-0.4, -0.2) is 47.4 Å². The monoisotopic (exact) mass is 379 g/mol. The van der Waals surface area contributed by atoms with Crippen LogP contribution in [0.1, 0.15) is 32.7 Å². The van der Waals surface area contributed by atoms with E-state index in [9.17, 15) is 19.2 Å². The number of fused-ring (bicyclic) bond motifs is 1. The Bertz CT molecular complexity index is 919. The van der Waals surface area contributed by atoms with Crippen molar-refractivity contribution in [2.75, 3.05) is 6.61 Å². The first kappa shape index (κ1) is 17.9. The summed E-state index contributed by atoms with van der Waals surface area (Å²) in [6.45, 7) is 0.174. The molecule has 142 valence electrons. The molecule has 0 N–H and O–H groups in total. The Morgan fingerprint density at radius 1 is 1.00 bits per heavy atom. The molecule has 0 aromatic heterocycles. The number of imide groups is 1. The minimum absolute atomic E-state index is 0.0902. The topological polar surface area (TPSA) is 90.0 Å². The minimum Gasteiger partial charge on any atom is -0.463 e. The van der Waals surface area contributed by atoms with Crippen LogP contribution in [0.5, 0.6) is 0 Å². The van der Waals surface area contributed by atoms with Crippen molar-refractivity contribution in [1.29, 1.82) is 0 Å². The fraction of sp³-hybridized carbons (Fsp3) is 0.238. The molecular weight excluding hydrogens is 362 g/mol. The largest absolute Gasteiger partial charge is 0.463 e. The van der Waals surface area contributed by atoms with Gasteiger partial charge in [-0.05, 0) is 17.7 Å². The normalized spacial score (nSPS) is 19.4. The third-order valence-corrected chi connectivity index (χ3v) is 4.83. The number of carbonyl (C=O) groups excluding carboxylic acids is 4. The molecular formula is C21H17NO6. The van der Waals surface area contributed by atoms with Crippen LogP contribution in [0.15, 0.2) is 54.6 Å². The number of ether oxygens (including phenoxy) is 2. The average molecular weight is 379 g/mol. The Hall–Kier alpha value is -3.48. The van der Waals surface area contributed by atoms with E-state index < -0.39 is 35.9 Å². The lowest BCUT2D eigenvalue weighted by atomic mass is 10.0. The van der Waals surface area contributed by atoms with Gasteiger partial charge in [-0.25, -0.2) is 9.59 Å². The van der Waals surface area contributed by atoms with Crippen molar-refractivity contribution < 1.29 is 28.7 Å². The highest BCUT2D eigenvalue weighted by atomic mass is 16.6. The van der Waals surface area contributed by atoms with Gasteiger partial charge in [0, 0.05) is 12.8 Å². The van der Waals surface area contributed by atoms with E-state index in [1.807, 2.05) is 6.07 Å². The first-order valence-electron chi connectivity index (χ1n) is 8.94. The summed E-state index contributed by atoms with van der Waals surface area (Å²) in [6, 6.07) is 14.3. The number of nitrogens with zero attached hydrogens (tertiary/aromatic N) is 1. The van der Waals surface area contributed by atoms with E-state index in [4.69, 9.17) is 9.47 Å². The van der Waals surface area contributed by atoms with E-state index in [2.05, 4.69) is 0 Å².